The first kappa shape index (κ1) is 29.3. The van der Waals surface area contributed by atoms with Crippen molar-refractivity contribution < 1.29 is 22.9 Å². The molecule has 0 bridgehead atoms. The molecule has 3 aromatic rings. The van der Waals surface area contributed by atoms with Crippen LogP contribution in [0.5, 0.6) is 0 Å². The van der Waals surface area contributed by atoms with Crippen LogP contribution < -0.4 is 9.62 Å². The van der Waals surface area contributed by atoms with Gasteiger partial charge in [0.2, 0.25) is 11.8 Å². The number of likely N-dealkylation sites (N-methyl/N-ethyl adjacent to an activating group) is 1. The second-order valence-corrected chi connectivity index (χ2v) is 10.7. The van der Waals surface area contributed by atoms with Crippen molar-refractivity contribution in [1.82, 2.24) is 10.2 Å². The molecule has 1 atom stereocenters. The lowest BCUT2D eigenvalue weighted by Gasteiger charge is -2.33. The Balaban J connectivity index is 2.08. The summed E-state index contributed by atoms with van der Waals surface area (Å²) in [6.45, 7) is 5.32. The number of aryl methyl sites for hydroxylation is 1. The molecular formula is C28H32N4O6S. The number of sulfonamides is 1. The van der Waals surface area contributed by atoms with E-state index in [1.54, 1.807) is 32.0 Å². The molecule has 0 radical (unpaired) electrons. The molecule has 0 aliphatic carbocycles. The van der Waals surface area contributed by atoms with Crippen LogP contribution in [0, 0.1) is 17.0 Å². The molecule has 10 nitrogen and oxygen atoms in total. The third kappa shape index (κ3) is 6.99. The molecule has 11 heteroatoms. The van der Waals surface area contributed by atoms with E-state index in [0.717, 1.165) is 15.4 Å². The van der Waals surface area contributed by atoms with Gasteiger partial charge in [-0.05, 0) is 55.7 Å². The number of amides is 2. The number of nitro benzene ring substituents is 1. The topological polar surface area (TPSA) is 130 Å². The lowest BCUT2D eigenvalue weighted by Crippen LogP contribution is -2.52. The molecule has 0 aliphatic rings. The van der Waals surface area contributed by atoms with Crippen molar-refractivity contribution in [2.75, 3.05) is 17.4 Å². The van der Waals surface area contributed by atoms with E-state index in [0.29, 0.717) is 13.0 Å². The lowest BCUT2D eigenvalue weighted by molar-refractivity contribution is -0.384. The number of non-ortho nitro benzene ring substituents is 1. The van der Waals surface area contributed by atoms with E-state index in [-0.39, 0.29) is 28.7 Å². The third-order valence-electron chi connectivity index (χ3n) is 6.30. The number of carbonyl (C=O) groups excluding carboxylic acids is 2. The van der Waals surface area contributed by atoms with Gasteiger partial charge in [-0.15, -0.1) is 0 Å². The smallest absolute Gasteiger partial charge is 0.269 e. The molecule has 39 heavy (non-hydrogen) atoms. The average molecular weight is 553 g/mol. The molecule has 1 N–H and O–H groups in total. The van der Waals surface area contributed by atoms with E-state index >= 15 is 0 Å². The van der Waals surface area contributed by atoms with Crippen molar-refractivity contribution in [2.24, 2.45) is 0 Å². The van der Waals surface area contributed by atoms with Crippen LogP contribution in [-0.4, -0.2) is 49.2 Å². The SMILES string of the molecule is CCNC(=O)C(CC)N(Cc1ccccc1C)C(=O)CN(c1ccc([N+](=O)[O-])cc1)S(=O)(=O)c1ccccc1. The summed E-state index contributed by atoms with van der Waals surface area (Å²) in [6.07, 6.45) is 0.312. The van der Waals surface area contributed by atoms with Crippen LogP contribution in [0.1, 0.15) is 31.4 Å². The van der Waals surface area contributed by atoms with Gasteiger partial charge in [-0.3, -0.25) is 24.0 Å². The van der Waals surface area contributed by atoms with Crippen molar-refractivity contribution in [1.29, 1.82) is 0 Å². The zero-order valence-electron chi connectivity index (χ0n) is 22.1. The highest BCUT2D eigenvalue weighted by molar-refractivity contribution is 7.92. The molecule has 3 aromatic carbocycles. The normalized spacial score (nSPS) is 11.9. The summed E-state index contributed by atoms with van der Waals surface area (Å²) in [4.78, 5) is 38.8. The van der Waals surface area contributed by atoms with Gasteiger partial charge in [0.25, 0.3) is 15.7 Å². The Hall–Kier alpha value is -4.25. The second-order valence-electron chi connectivity index (χ2n) is 8.86. The van der Waals surface area contributed by atoms with Gasteiger partial charge in [-0.25, -0.2) is 8.42 Å². The highest BCUT2D eigenvalue weighted by atomic mass is 32.2. The highest BCUT2D eigenvalue weighted by Gasteiger charge is 2.33. The molecule has 0 saturated carbocycles. The van der Waals surface area contributed by atoms with Gasteiger partial charge >= 0.3 is 0 Å². The van der Waals surface area contributed by atoms with Crippen LogP contribution in [-0.2, 0) is 26.2 Å². The number of rotatable bonds is 12. The van der Waals surface area contributed by atoms with E-state index in [1.165, 1.54) is 41.3 Å². The molecule has 2 amide bonds. The van der Waals surface area contributed by atoms with Gasteiger partial charge in [0, 0.05) is 25.2 Å². The number of nitrogens with zero attached hydrogens (tertiary/aromatic N) is 3. The highest BCUT2D eigenvalue weighted by Crippen LogP contribution is 2.27. The van der Waals surface area contributed by atoms with E-state index < -0.39 is 33.4 Å². The fraction of sp³-hybridized carbons (Fsp3) is 0.286. The monoisotopic (exact) mass is 552 g/mol. The summed E-state index contributed by atoms with van der Waals surface area (Å²) in [6, 6.07) is 19.2. The Kier molecular flexibility index (Phi) is 9.78. The van der Waals surface area contributed by atoms with Crippen molar-refractivity contribution in [3.05, 3.63) is 100 Å². The zero-order valence-corrected chi connectivity index (χ0v) is 22.9. The third-order valence-corrected chi connectivity index (χ3v) is 8.09. The van der Waals surface area contributed by atoms with Gasteiger partial charge in [0.1, 0.15) is 12.6 Å². The largest absolute Gasteiger partial charge is 0.355 e. The molecular weight excluding hydrogens is 520 g/mol. The number of benzene rings is 3. The molecule has 206 valence electrons. The molecule has 0 aliphatic heterocycles. The number of carbonyl (C=O) groups is 2. The summed E-state index contributed by atoms with van der Waals surface area (Å²) in [5.74, 6) is -0.927. The van der Waals surface area contributed by atoms with E-state index in [4.69, 9.17) is 0 Å². The number of nitro groups is 1. The Morgan fingerprint density at radius 3 is 2.13 bits per heavy atom. The summed E-state index contributed by atoms with van der Waals surface area (Å²) in [5.41, 5.74) is 1.61. The van der Waals surface area contributed by atoms with E-state index in [9.17, 15) is 28.1 Å². The Labute approximate surface area is 228 Å². The van der Waals surface area contributed by atoms with Crippen molar-refractivity contribution in [2.45, 2.75) is 44.7 Å². The van der Waals surface area contributed by atoms with Crippen molar-refractivity contribution in [3.63, 3.8) is 0 Å². The molecule has 0 spiro atoms. The maximum Gasteiger partial charge on any atom is 0.269 e. The number of nitrogens with one attached hydrogen (secondary N) is 1. The van der Waals surface area contributed by atoms with E-state index in [2.05, 4.69) is 5.32 Å². The first-order valence-corrected chi connectivity index (χ1v) is 14.0. The second kappa shape index (κ2) is 13.0. The first-order chi connectivity index (χ1) is 18.6. The predicted molar refractivity (Wildman–Crippen MR) is 149 cm³/mol. The quantitative estimate of drug-likeness (QED) is 0.267. The number of anilines is 1. The van der Waals surface area contributed by atoms with Crippen molar-refractivity contribution in [3.8, 4) is 0 Å². The summed E-state index contributed by atoms with van der Waals surface area (Å²) in [5, 5.41) is 13.9. The summed E-state index contributed by atoms with van der Waals surface area (Å²) in [7, 11) is -4.24. The fourth-order valence-corrected chi connectivity index (χ4v) is 5.61. The van der Waals surface area contributed by atoms with Gasteiger partial charge < -0.3 is 10.2 Å². The van der Waals surface area contributed by atoms with Crippen LogP contribution in [0.25, 0.3) is 0 Å². The number of hydrogen-bond donors (Lipinski definition) is 1. The van der Waals surface area contributed by atoms with Crippen LogP contribution in [0.4, 0.5) is 11.4 Å². The standard InChI is InChI=1S/C28H32N4O6S/c1-4-26(28(34)29-5-2)30(19-22-12-10-9-11-21(22)3)27(33)20-31(23-15-17-24(18-16-23)32(35)36)39(37,38)25-13-7-6-8-14-25/h6-18,26H,4-5,19-20H2,1-3H3,(H,29,34). The summed E-state index contributed by atoms with van der Waals surface area (Å²) < 4.78 is 28.4. The molecule has 0 saturated heterocycles. The van der Waals surface area contributed by atoms with Crippen LogP contribution in [0.3, 0.4) is 0 Å². The molecule has 1 unspecified atom stereocenters. The van der Waals surface area contributed by atoms with E-state index in [1.807, 2.05) is 31.2 Å². The van der Waals surface area contributed by atoms with Crippen LogP contribution in [0.15, 0.2) is 83.8 Å². The zero-order chi connectivity index (χ0) is 28.6. The Morgan fingerprint density at radius 1 is 0.949 bits per heavy atom. The summed E-state index contributed by atoms with van der Waals surface area (Å²) >= 11 is 0. The van der Waals surface area contributed by atoms with Crippen LogP contribution >= 0.6 is 0 Å². The minimum atomic E-state index is -4.24. The predicted octanol–water partition coefficient (Wildman–Crippen LogP) is 4.04. The maximum atomic E-state index is 13.9. The molecule has 0 aromatic heterocycles. The Morgan fingerprint density at radius 2 is 1.56 bits per heavy atom. The molecule has 0 fully saturated rings. The molecule has 3 rings (SSSR count). The molecule has 0 heterocycles. The van der Waals surface area contributed by atoms with Crippen molar-refractivity contribution >= 4 is 33.2 Å². The lowest BCUT2D eigenvalue weighted by atomic mass is 10.1. The fourth-order valence-electron chi connectivity index (χ4n) is 4.17. The average Bonchev–Trinajstić information content (AvgIpc) is 2.93. The minimum Gasteiger partial charge on any atom is -0.355 e. The van der Waals surface area contributed by atoms with Gasteiger partial charge in [-0.2, -0.15) is 0 Å². The van der Waals surface area contributed by atoms with Crippen LogP contribution in [0.2, 0.25) is 0 Å². The van der Waals surface area contributed by atoms with Gasteiger partial charge in [0.05, 0.1) is 15.5 Å². The van der Waals surface area contributed by atoms with Gasteiger partial charge in [0.15, 0.2) is 0 Å². The Bertz CT molecular complexity index is 1410. The minimum absolute atomic E-state index is 0.0441. The first-order valence-electron chi connectivity index (χ1n) is 12.5. The number of hydrogen-bond acceptors (Lipinski definition) is 6. The maximum absolute atomic E-state index is 13.9. The van der Waals surface area contributed by atoms with Gasteiger partial charge in [-0.1, -0.05) is 49.4 Å².